The number of aliphatic hydroxyl groups excluding tert-OH is 1. The topological polar surface area (TPSA) is 61.4 Å². The first-order valence-corrected chi connectivity index (χ1v) is 6.60. The van der Waals surface area contributed by atoms with E-state index in [-0.39, 0.29) is 12.1 Å². The molecule has 2 amide bonds. The van der Waals surface area contributed by atoms with Crippen LogP contribution in [0.2, 0.25) is 0 Å². The summed E-state index contributed by atoms with van der Waals surface area (Å²) in [5.41, 5.74) is 1.85. The number of aryl methyl sites for hydroxylation is 1. The smallest absolute Gasteiger partial charge is 0.319 e. The van der Waals surface area contributed by atoms with Crippen LogP contribution < -0.4 is 10.6 Å². The van der Waals surface area contributed by atoms with Gasteiger partial charge in [0, 0.05) is 17.8 Å². The minimum Gasteiger partial charge on any atom is -0.386 e. The van der Waals surface area contributed by atoms with Crippen LogP contribution >= 0.6 is 0 Å². The highest BCUT2D eigenvalue weighted by atomic mass is 19.1. The molecule has 0 radical (unpaired) electrons. The Bertz CT molecular complexity index is 631. The zero-order valence-electron chi connectivity index (χ0n) is 11.6. The molecule has 0 saturated carbocycles. The SMILES string of the molecule is Cc1cccc(NC(=O)NC[C@@H](O)c2ccccc2F)c1. The van der Waals surface area contributed by atoms with Gasteiger partial charge >= 0.3 is 6.03 Å². The van der Waals surface area contributed by atoms with E-state index in [2.05, 4.69) is 10.6 Å². The van der Waals surface area contributed by atoms with Crippen molar-refractivity contribution in [3.05, 3.63) is 65.5 Å². The van der Waals surface area contributed by atoms with E-state index in [9.17, 15) is 14.3 Å². The van der Waals surface area contributed by atoms with Gasteiger partial charge in [-0.25, -0.2) is 9.18 Å². The summed E-state index contributed by atoms with van der Waals surface area (Å²) in [6.45, 7) is 1.85. The van der Waals surface area contributed by atoms with Crippen LogP contribution in [0.5, 0.6) is 0 Å². The molecule has 3 N–H and O–H groups in total. The Kier molecular flexibility index (Phi) is 4.90. The van der Waals surface area contributed by atoms with Gasteiger partial charge < -0.3 is 15.7 Å². The zero-order valence-corrected chi connectivity index (χ0v) is 11.6. The fourth-order valence-electron chi connectivity index (χ4n) is 1.94. The molecule has 1 atom stereocenters. The maximum atomic E-state index is 13.5. The largest absolute Gasteiger partial charge is 0.386 e. The van der Waals surface area contributed by atoms with Crippen LogP contribution in [-0.4, -0.2) is 17.7 Å². The van der Waals surface area contributed by atoms with Gasteiger partial charge in [-0.05, 0) is 30.7 Å². The molecule has 0 unspecified atom stereocenters. The Hall–Kier alpha value is -2.40. The van der Waals surface area contributed by atoms with Crippen LogP contribution in [0.1, 0.15) is 17.2 Å². The Labute approximate surface area is 122 Å². The second-order valence-electron chi connectivity index (χ2n) is 4.74. The van der Waals surface area contributed by atoms with Crippen molar-refractivity contribution in [3.63, 3.8) is 0 Å². The maximum Gasteiger partial charge on any atom is 0.319 e. The van der Waals surface area contributed by atoms with Gasteiger partial charge in [0.15, 0.2) is 0 Å². The highest BCUT2D eigenvalue weighted by Gasteiger charge is 2.13. The van der Waals surface area contributed by atoms with Crippen LogP contribution in [0.15, 0.2) is 48.5 Å². The number of urea groups is 1. The number of amides is 2. The summed E-state index contributed by atoms with van der Waals surface area (Å²) < 4.78 is 13.5. The van der Waals surface area contributed by atoms with E-state index >= 15 is 0 Å². The third kappa shape index (κ3) is 4.29. The summed E-state index contributed by atoms with van der Waals surface area (Å²) in [5.74, 6) is -0.495. The first-order valence-electron chi connectivity index (χ1n) is 6.60. The molecule has 0 aliphatic carbocycles. The summed E-state index contributed by atoms with van der Waals surface area (Å²) in [7, 11) is 0. The van der Waals surface area contributed by atoms with Crippen molar-refractivity contribution in [3.8, 4) is 0 Å². The molecule has 21 heavy (non-hydrogen) atoms. The van der Waals surface area contributed by atoms with Crippen molar-refractivity contribution < 1.29 is 14.3 Å². The monoisotopic (exact) mass is 288 g/mol. The highest BCUT2D eigenvalue weighted by Crippen LogP contribution is 2.15. The fraction of sp³-hybridized carbons (Fsp3) is 0.188. The molecule has 5 heteroatoms. The Morgan fingerprint density at radius 1 is 1.24 bits per heavy atom. The van der Waals surface area contributed by atoms with Gasteiger partial charge in [0.05, 0.1) is 6.10 Å². The number of carbonyl (C=O) groups excluding carboxylic acids is 1. The molecule has 4 nitrogen and oxygen atoms in total. The van der Waals surface area contributed by atoms with E-state index < -0.39 is 18.0 Å². The average Bonchev–Trinajstić information content (AvgIpc) is 2.45. The molecular formula is C16H17FN2O2. The van der Waals surface area contributed by atoms with Crippen LogP contribution in [0.4, 0.5) is 14.9 Å². The van der Waals surface area contributed by atoms with Gasteiger partial charge in [0.2, 0.25) is 0 Å². The first-order chi connectivity index (χ1) is 10.1. The predicted octanol–water partition coefficient (Wildman–Crippen LogP) is 2.99. The molecule has 0 spiro atoms. The van der Waals surface area contributed by atoms with Gasteiger partial charge in [-0.1, -0.05) is 30.3 Å². The van der Waals surface area contributed by atoms with Crippen LogP contribution in [-0.2, 0) is 0 Å². The van der Waals surface area contributed by atoms with Gasteiger partial charge in [-0.3, -0.25) is 0 Å². The van der Waals surface area contributed by atoms with E-state index in [4.69, 9.17) is 0 Å². The number of nitrogens with one attached hydrogen (secondary N) is 2. The molecule has 0 aliphatic heterocycles. The fourth-order valence-corrected chi connectivity index (χ4v) is 1.94. The lowest BCUT2D eigenvalue weighted by molar-refractivity contribution is 0.170. The van der Waals surface area contributed by atoms with E-state index in [0.717, 1.165) is 5.56 Å². The Morgan fingerprint density at radius 2 is 2.00 bits per heavy atom. The third-order valence-corrected chi connectivity index (χ3v) is 3.00. The van der Waals surface area contributed by atoms with Gasteiger partial charge in [0.1, 0.15) is 5.82 Å². The molecule has 0 aromatic heterocycles. The molecule has 0 heterocycles. The van der Waals surface area contributed by atoms with Crippen LogP contribution in [0, 0.1) is 12.7 Å². The summed E-state index contributed by atoms with van der Waals surface area (Å²) >= 11 is 0. The summed E-state index contributed by atoms with van der Waals surface area (Å²) in [5, 5.41) is 15.0. The Morgan fingerprint density at radius 3 is 2.71 bits per heavy atom. The van der Waals surface area contributed by atoms with Crippen molar-refractivity contribution in [2.75, 3.05) is 11.9 Å². The maximum absolute atomic E-state index is 13.5. The molecule has 2 rings (SSSR count). The van der Waals surface area contributed by atoms with Crippen molar-refractivity contribution in [1.82, 2.24) is 5.32 Å². The molecule has 0 aliphatic rings. The lowest BCUT2D eigenvalue weighted by atomic mass is 10.1. The molecule has 2 aromatic carbocycles. The summed E-state index contributed by atoms with van der Waals surface area (Å²) in [4.78, 5) is 11.7. The van der Waals surface area contributed by atoms with Crippen molar-refractivity contribution >= 4 is 11.7 Å². The first kappa shape index (κ1) is 15.0. The molecule has 0 saturated heterocycles. The van der Waals surface area contributed by atoms with Crippen LogP contribution in [0.3, 0.4) is 0 Å². The highest BCUT2D eigenvalue weighted by molar-refractivity contribution is 5.89. The second kappa shape index (κ2) is 6.85. The van der Waals surface area contributed by atoms with E-state index in [1.54, 1.807) is 18.2 Å². The number of carbonyl (C=O) groups is 1. The summed E-state index contributed by atoms with van der Waals surface area (Å²) in [6.07, 6.45) is -1.09. The minimum absolute atomic E-state index is 0.0709. The molecule has 0 fully saturated rings. The third-order valence-electron chi connectivity index (χ3n) is 3.00. The van der Waals surface area contributed by atoms with Gasteiger partial charge in [0.25, 0.3) is 0 Å². The zero-order chi connectivity index (χ0) is 15.2. The van der Waals surface area contributed by atoms with Crippen molar-refractivity contribution in [2.45, 2.75) is 13.0 Å². The standard InChI is InChI=1S/C16H17FN2O2/c1-11-5-4-6-12(9-11)19-16(21)18-10-15(20)13-7-2-3-8-14(13)17/h2-9,15,20H,10H2,1H3,(H2,18,19,21)/t15-/m1/s1. The lowest BCUT2D eigenvalue weighted by Gasteiger charge is -2.13. The number of aliphatic hydroxyl groups is 1. The lowest BCUT2D eigenvalue weighted by Crippen LogP contribution is -2.32. The number of halogens is 1. The van der Waals surface area contributed by atoms with Crippen molar-refractivity contribution in [1.29, 1.82) is 0 Å². The number of hydrogen-bond acceptors (Lipinski definition) is 2. The predicted molar refractivity (Wildman–Crippen MR) is 79.6 cm³/mol. The Balaban J connectivity index is 1.88. The van der Waals surface area contributed by atoms with Crippen molar-refractivity contribution in [2.24, 2.45) is 0 Å². The van der Waals surface area contributed by atoms with Gasteiger partial charge in [-0.2, -0.15) is 0 Å². The minimum atomic E-state index is -1.09. The van der Waals surface area contributed by atoms with E-state index in [1.807, 2.05) is 25.1 Å². The van der Waals surface area contributed by atoms with E-state index in [0.29, 0.717) is 5.69 Å². The normalized spacial score (nSPS) is 11.8. The molecule has 0 bridgehead atoms. The number of rotatable bonds is 4. The number of benzene rings is 2. The quantitative estimate of drug-likeness (QED) is 0.810. The summed E-state index contributed by atoms with van der Waals surface area (Å²) in [6, 6.07) is 12.8. The molecular weight excluding hydrogens is 271 g/mol. The number of anilines is 1. The van der Waals surface area contributed by atoms with E-state index in [1.165, 1.54) is 12.1 Å². The molecule has 110 valence electrons. The number of hydrogen-bond donors (Lipinski definition) is 3. The van der Waals surface area contributed by atoms with Gasteiger partial charge in [-0.15, -0.1) is 0 Å². The average molecular weight is 288 g/mol. The molecule has 2 aromatic rings. The van der Waals surface area contributed by atoms with Crippen LogP contribution in [0.25, 0.3) is 0 Å². The second-order valence-corrected chi connectivity index (χ2v) is 4.74.